The van der Waals surface area contributed by atoms with Crippen LogP contribution in [0.25, 0.3) is 0 Å². The van der Waals surface area contributed by atoms with Crippen molar-refractivity contribution >= 4 is 5.97 Å². The average molecular weight is 216 g/mol. The van der Waals surface area contributed by atoms with Gasteiger partial charge in [-0.2, -0.15) is 0 Å². The normalized spacial score (nSPS) is 12.7. The van der Waals surface area contributed by atoms with Crippen LogP contribution < -0.4 is 0 Å². The summed E-state index contributed by atoms with van der Waals surface area (Å²) in [7, 11) is 0. The molecule has 90 valence electrons. The number of carbonyl (C=O) groups excluding carboxylic acids is 1. The molecule has 0 aromatic carbocycles. The Morgan fingerprint density at radius 1 is 1.13 bits per heavy atom. The van der Waals surface area contributed by atoms with Crippen LogP contribution in [0.2, 0.25) is 0 Å². The SMILES string of the molecule is CCCOC(C)(C)CC(=O)OC(C)(C)C. The minimum absolute atomic E-state index is 0.205. The molecule has 0 aliphatic rings. The summed E-state index contributed by atoms with van der Waals surface area (Å²) in [5.74, 6) is -0.205. The van der Waals surface area contributed by atoms with Gasteiger partial charge in [-0.3, -0.25) is 4.79 Å². The molecule has 0 radical (unpaired) electrons. The van der Waals surface area contributed by atoms with Crippen molar-refractivity contribution in [2.24, 2.45) is 0 Å². The highest BCUT2D eigenvalue weighted by Gasteiger charge is 2.26. The van der Waals surface area contributed by atoms with Crippen LogP contribution >= 0.6 is 0 Å². The van der Waals surface area contributed by atoms with Crippen LogP contribution in [0.15, 0.2) is 0 Å². The highest BCUT2D eigenvalue weighted by molar-refractivity contribution is 5.71. The molecule has 0 spiro atoms. The largest absolute Gasteiger partial charge is 0.460 e. The van der Waals surface area contributed by atoms with Gasteiger partial charge in [-0.1, -0.05) is 6.92 Å². The molecule has 0 saturated carbocycles. The summed E-state index contributed by atoms with van der Waals surface area (Å²) in [5, 5.41) is 0. The van der Waals surface area contributed by atoms with Crippen LogP contribution in [-0.4, -0.2) is 23.8 Å². The maximum absolute atomic E-state index is 11.5. The molecule has 0 aliphatic heterocycles. The summed E-state index contributed by atoms with van der Waals surface area (Å²) in [5.41, 5.74) is -0.851. The minimum Gasteiger partial charge on any atom is -0.460 e. The molecule has 0 bridgehead atoms. The van der Waals surface area contributed by atoms with Crippen molar-refractivity contribution in [3.05, 3.63) is 0 Å². The molecule has 0 heterocycles. The zero-order valence-electron chi connectivity index (χ0n) is 10.8. The average Bonchev–Trinajstić information content (AvgIpc) is 1.95. The van der Waals surface area contributed by atoms with E-state index in [2.05, 4.69) is 0 Å². The summed E-state index contributed by atoms with van der Waals surface area (Å²) >= 11 is 0. The lowest BCUT2D eigenvalue weighted by molar-refractivity contribution is -0.161. The van der Waals surface area contributed by atoms with Gasteiger partial charge in [0.2, 0.25) is 0 Å². The van der Waals surface area contributed by atoms with E-state index in [1.807, 2.05) is 41.5 Å². The summed E-state index contributed by atoms with van der Waals surface area (Å²) < 4.78 is 10.8. The first-order valence-corrected chi connectivity index (χ1v) is 5.52. The molecule has 15 heavy (non-hydrogen) atoms. The van der Waals surface area contributed by atoms with Crippen LogP contribution in [0, 0.1) is 0 Å². The smallest absolute Gasteiger partial charge is 0.309 e. The van der Waals surface area contributed by atoms with Gasteiger partial charge in [-0.05, 0) is 41.0 Å². The van der Waals surface area contributed by atoms with Crippen LogP contribution in [-0.2, 0) is 14.3 Å². The van der Waals surface area contributed by atoms with Gasteiger partial charge in [0.15, 0.2) is 0 Å². The summed E-state index contributed by atoms with van der Waals surface area (Å²) in [6.07, 6.45) is 1.25. The first kappa shape index (κ1) is 14.4. The molecule has 0 atom stereocenters. The van der Waals surface area contributed by atoms with Gasteiger partial charge in [0.25, 0.3) is 0 Å². The van der Waals surface area contributed by atoms with Crippen LogP contribution in [0.1, 0.15) is 54.4 Å². The standard InChI is InChI=1S/C12H24O3/c1-7-8-14-12(5,6)9-10(13)15-11(2,3)4/h7-9H2,1-6H3. The molecule has 0 rings (SSSR count). The van der Waals surface area contributed by atoms with Crippen molar-refractivity contribution in [1.82, 2.24) is 0 Å². The van der Waals surface area contributed by atoms with Crippen molar-refractivity contribution in [2.75, 3.05) is 6.61 Å². The monoisotopic (exact) mass is 216 g/mol. The Labute approximate surface area is 93.1 Å². The number of rotatable bonds is 5. The number of carbonyl (C=O) groups is 1. The van der Waals surface area contributed by atoms with E-state index in [9.17, 15) is 4.79 Å². The highest BCUT2D eigenvalue weighted by atomic mass is 16.6. The third kappa shape index (κ3) is 8.43. The lowest BCUT2D eigenvalue weighted by atomic mass is 10.1. The minimum atomic E-state index is -0.432. The van der Waals surface area contributed by atoms with E-state index in [0.717, 1.165) is 6.42 Å². The Kier molecular flexibility index (Phi) is 5.29. The number of ether oxygens (including phenoxy) is 2. The maximum atomic E-state index is 11.5. The second-order valence-corrected chi connectivity index (χ2v) is 5.37. The highest BCUT2D eigenvalue weighted by Crippen LogP contribution is 2.18. The van der Waals surface area contributed by atoms with E-state index >= 15 is 0 Å². The van der Waals surface area contributed by atoms with Gasteiger partial charge in [0, 0.05) is 6.61 Å². The molecule has 0 saturated heterocycles. The predicted molar refractivity (Wildman–Crippen MR) is 60.8 cm³/mol. The fourth-order valence-electron chi connectivity index (χ4n) is 1.15. The molecule has 3 nitrogen and oxygen atoms in total. The molecule has 0 unspecified atom stereocenters. The van der Waals surface area contributed by atoms with E-state index in [-0.39, 0.29) is 5.97 Å². The fraction of sp³-hybridized carbons (Fsp3) is 0.917. The molecule has 3 heteroatoms. The van der Waals surface area contributed by atoms with Crippen molar-refractivity contribution in [2.45, 2.75) is 65.6 Å². The van der Waals surface area contributed by atoms with Gasteiger partial charge in [0.05, 0.1) is 12.0 Å². The molecule has 0 aromatic rings. The molecular weight excluding hydrogens is 192 g/mol. The first-order valence-electron chi connectivity index (χ1n) is 5.52. The van der Waals surface area contributed by atoms with Gasteiger partial charge in [-0.15, -0.1) is 0 Å². The second kappa shape index (κ2) is 5.50. The Bertz CT molecular complexity index is 201. The number of hydrogen-bond donors (Lipinski definition) is 0. The predicted octanol–water partition coefficient (Wildman–Crippen LogP) is 2.92. The van der Waals surface area contributed by atoms with E-state index in [1.165, 1.54) is 0 Å². The zero-order chi connectivity index (χ0) is 12.1. The molecule has 0 aromatic heterocycles. The Hall–Kier alpha value is -0.570. The zero-order valence-corrected chi connectivity index (χ0v) is 10.8. The maximum Gasteiger partial charge on any atom is 0.309 e. The van der Waals surface area contributed by atoms with Gasteiger partial charge >= 0.3 is 5.97 Å². The van der Waals surface area contributed by atoms with Crippen LogP contribution in [0.3, 0.4) is 0 Å². The summed E-state index contributed by atoms with van der Waals surface area (Å²) in [6, 6.07) is 0. The van der Waals surface area contributed by atoms with Gasteiger partial charge in [-0.25, -0.2) is 0 Å². The number of hydrogen-bond acceptors (Lipinski definition) is 3. The van der Waals surface area contributed by atoms with Gasteiger partial charge < -0.3 is 9.47 Å². The molecular formula is C12H24O3. The Morgan fingerprint density at radius 2 is 1.67 bits per heavy atom. The van der Waals surface area contributed by atoms with E-state index in [4.69, 9.17) is 9.47 Å². The van der Waals surface area contributed by atoms with Crippen molar-refractivity contribution in [3.63, 3.8) is 0 Å². The lowest BCUT2D eigenvalue weighted by Crippen LogP contribution is -2.32. The molecule has 0 N–H and O–H groups in total. The number of esters is 1. The van der Waals surface area contributed by atoms with Crippen LogP contribution in [0.4, 0.5) is 0 Å². The summed E-state index contributed by atoms with van der Waals surface area (Å²) in [6.45, 7) is 12.1. The topological polar surface area (TPSA) is 35.5 Å². The third-order valence-electron chi connectivity index (χ3n) is 1.69. The van der Waals surface area contributed by atoms with Crippen molar-refractivity contribution in [1.29, 1.82) is 0 Å². The Morgan fingerprint density at radius 3 is 2.07 bits per heavy atom. The molecule has 0 fully saturated rings. The molecule has 0 aliphatic carbocycles. The second-order valence-electron chi connectivity index (χ2n) is 5.37. The van der Waals surface area contributed by atoms with Crippen molar-refractivity contribution in [3.8, 4) is 0 Å². The van der Waals surface area contributed by atoms with Crippen molar-refractivity contribution < 1.29 is 14.3 Å². The quantitative estimate of drug-likeness (QED) is 0.663. The van der Waals surface area contributed by atoms with E-state index < -0.39 is 11.2 Å². The third-order valence-corrected chi connectivity index (χ3v) is 1.69. The van der Waals surface area contributed by atoms with Gasteiger partial charge in [0.1, 0.15) is 5.60 Å². The van der Waals surface area contributed by atoms with E-state index in [0.29, 0.717) is 13.0 Å². The molecule has 0 amide bonds. The first-order chi connectivity index (χ1) is 6.66. The fourth-order valence-corrected chi connectivity index (χ4v) is 1.15. The summed E-state index contributed by atoms with van der Waals surface area (Å²) in [4.78, 5) is 11.5. The Balaban J connectivity index is 4.04. The van der Waals surface area contributed by atoms with Crippen LogP contribution in [0.5, 0.6) is 0 Å². The lowest BCUT2D eigenvalue weighted by Gasteiger charge is -2.26. The van der Waals surface area contributed by atoms with E-state index in [1.54, 1.807) is 0 Å².